The molecule has 1 N–H and O–H groups in total. The number of benzene rings is 3. The van der Waals surface area contributed by atoms with Crippen LogP contribution in [0.5, 0.6) is 5.75 Å². The minimum absolute atomic E-state index is 0.276. The van der Waals surface area contributed by atoms with E-state index < -0.39 is 0 Å². The summed E-state index contributed by atoms with van der Waals surface area (Å²) in [4.78, 5) is 4.36. The molecule has 0 radical (unpaired) electrons. The molecule has 0 saturated heterocycles. The molecule has 0 aliphatic carbocycles. The average Bonchev–Trinajstić information content (AvgIpc) is 2.48. The molecule has 3 rings (SSSR count). The second kappa shape index (κ2) is 4.94. The first kappa shape index (κ1) is 11.5. The van der Waals surface area contributed by atoms with E-state index in [4.69, 9.17) is 0 Å². The van der Waals surface area contributed by atoms with Crippen LogP contribution in [0.25, 0.3) is 10.8 Å². The molecule has 0 spiro atoms. The summed E-state index contributed by atoms with van der Waals surface area (Å²) in [7, 11) is 0. The van der Waals surface area contributed by atoms with Gasteiger partial charge in [-0.1, -0.05) is 48.5 Å². The van der Waals surface area contributed by atoms with Crippen molar-refractivity contribution in [2.45, 2.75) is 0 Å². The van der Waals surface area contributed by atoms with E-state index in [2.05, 4.69) is 4.99 Å². The van der Waals surface area contributed by atoms with Crippen molar-refractivity contribution in [2.24, 2.45) is 4.99 Å². The molecule has 0 bridgehead atoms. The number of para-hydroxylation sites is 1. The predicted molar refractivity (Wildman–Crippen MR) is 79.3 cm³/mol. The van der Waals surface area contributed by atoms with Gasteiger partial charge in [0.25, 0.3) is 0 Å². The molecule has 0 aromatic heterocycles. The van der Waals surface area contributed by atoms with Gasteiger partial charge >= 0.3 is 0 Å². The topological polar surface area (TPSA) is 32.6 Å². The Labute approximate surface area is 111 Å². The molecule has 2 nitrogen and oxygen atoms in total. The summed E-state index contributed by atoms with van der Waals surface area (Å²) in [6.07, 6.45) is 1.69. The molecule has 0 aliphatic heterocycles. The van der Waals surface area contributed by atoms with Gasteiger partial charge in [0, 0.05) is 17.2 Å². The van der Waals surface area contributed by atoms with Crippen LogP contribution in [0.3, 0.4) is 0 Å². The maximum atomic E-state index is 10.2. The zero-order chi connectivity index (χ0) is 13.1. The van der Waals surface area contributed by atoms with Crippen LogP contribution in [0.2, 0.25) is 0 Å². The van der Waals surface area contributed by atoms with Gasteiger partial charge in [-0.2, -0.15) is 0 Å². The van der Waals surface area contributed by atoms with Crippen molar-refractivity contribution in [1.29, 1.82) is 0 Å². The number of phenolic OH excluding ortho intramolecular Hbond substituents is 1. The molecule has 0 atom stereocenters. The highest BCUT2D eigenvalue weighted by Gasteiger charge is 2.03. The van der Waals surface area contributed by atoms with E-state index >= 15 is 0 Å². The van der Waals surface area contributed by atoms with Crippen LogP contribution >= 0.6 is 0 Å². The Morgan fingerprint density at radius 2 is 1.53 bits per heavy atom. The third-order valence-electron chi connectivity index (χ3n) is 3.04. The van der Waals surface area contributed by atoms with Crippen molar-refractivity contribution < 1.29 is 5.11 Å². The fourth-order valence-corrected chi connectivity index (χ4v) is 2.03. The van der Waals surface area contributed by atoms with Crippen LogP contribution in [0, 0.1) is 0 Å². The van der Waals surface area contributed by atoms with Gasteiger partial charge in [0.15, 0.2) is 0 Å². The van der Waals surface area contributed by atoms with E-state index in [9.17, 15) is 5.11 Å². The number of hydrogen-bond acceptors (Lipinski definition) is 2. The van der Waals surface area contributed by atoms with Crippen molar-refractivity contribution in [3.63, 3.8) is 0 Å². The normalized spacial score (nSPS) is 11.2. The van der Waals surface area contributed by atoms with Crippen LogP contribution in [-0.4, -0.2) is 11.3 Å². The Hall–Kier alpha value is -2.61. The summed E-state index contributed by atoms with van der Waals surface area (Å²) in [6.45, 7) is 0. The molecule has 0 saturated carbocycles. The Balaban J connectivity index is 2.02. The van der Waals surface area contributed by atoms with Gasteiger partial charge in [-0.05, 0) is 23.6 Å². The monoisotopic (exact) mass is 247 g/mol. The van der Waals surface area contributed by atoms with Crippen molar-refractivity contribution in [3.8, 4) is 5.75 Å². The third-order valence-corrected chi connectivity index (χ3v) is 3.04. The lowest BCUT2D eigenvalue weighted by molar-refractivity contribution is 0.481. The lowest BCUT2D eigenvalue weighted by Crippen LogP contribution is -1.84. The maximum absolute atomic E-state index is 10.2. The number of rotatable bonds is 2. The summed E-state index contributed by atoms with van der Waals surface area (Å²) >= 11 is 0. The number of fused-ring (bicyclic) bond motifs is 1. The molecule has 2 heteroatoms. The summed E-state index contributed by atoms with van der Waals surface area (Å²) in [5.41, 5.74) is 1.60. The number of aromatic hydroxyl groups is 1. The largest absolute Gasteiger partial charge is 0.507 e. The molecular weight excluding hydrogens is 234 g/mol. The standard InChI is InChI=1S/C17H13NO/c19-17-14(12-18-15-7-2-1-3-8-15)11-10-13-6-4-5-9-16(13)17/h1-12,19H. The van der Waals surface area contributed by atoms with Gasteiger partial charge < -0.3 is 5.11 Å². The second-order valence-corrected chi connectivity index (χ2v) is 4.32. The van der Waals surface area contributed by atoms with E-state index in [0.29, 0.717) is 0 Å². The Bertz CT molecular complexity index is 733. The maximum Gasteiger partial charge on any atom is 0.132 e. The van der Waals surface area contributed by atoms with E-state index in [-0.39, 0.29) is 5.75 Å². The molecular formula is C17H13NO. The van der Waals surface area contributed by atoms with Crippen molar-refractivity contribution in [2.75, 3.05) is 0 Å². The highest BCUT2D eigenvalue weighted by Crippen LogP contribution is 2.27. The number of aliphatic imine (C=N–C) groups is 1. The van der Waals surface area contributed by atoms with E-state index in [1.807, 2.05) is 66.7 Å². The number of hydrogen-bond donors (Lipinski definition) is 1. The first-order valence-electron chi connectivity index (χ1n) is 6.14. The van der Waals surface area contributed by atoms with Crippen LogP contribution in [0.1, 0.15) is 5.56 Å². The van der Waals surface area contributed by atoms with Gasteiger partial charge in [0.2, 0.25) is 0 Å². The molecule has 3 aromatic rings. The smallest absolute Gasteiger partial charge is 0.132 e. The Morgan fingerprint density at radius 3 is 2.37 bits per heavy atom. The molecule has 0 fully saturated rings. The third kappa shape index (κ3) is 2.33. The summed E-state index contributed by atoms with van der Waals surface area (Å²) < 4.78 is 0. The van der Waals surface area contributed by atoms with Crippen LogP contribution in [0.15, 0.2) is 71.7 Å². The molecule has 0 aliphatic rings. The van der Waals surface area contributed by atoms with E-state index in [1.54, 1.807) is 6.21 Å². The van der Waals surface area contributed by atoms with Gasteiger partial charge in [0.1, 0.15) is 5.75 Å². The van der Waals surface area contributed by atoms with Gasteiger partial charge in [-0.15, -0.1) is 0 Å². The van der Waals surface area contributed by atoms with Crippen molar-refractivity contribution >= 4 is 22.7 Å². The average molecular weight is 247 g/mol. The highest BCUT2D eigenvalue weighted by molar-refractivity contribution is 5.97. The molecule has 0 heterocycles. The Kier molecular flexibility index (Phi) is 2.99. The molecule has 3 aromatic carbocycles. The predicted octanol–water partition coefficient (Wildman–Crippen LogP) is 4.30. The SMILES string of the molecule is Oc1c(C=Nc2ccccc2)ccc2ccccc12. The zero-order valence-electron chi connectivity index (χ0n) is 10.3. The molecule has 0 unspecified atom stereocenters. The first-order chi connectivity index (χ1) is 9.34. The zero-order valence-corrected chi connectivity index (χ0v) is 10.3. The van der Waals surface area contributed by atoms with Crippen LogP contribution in [0.4, 0.5) is 5.69 Å². The second-order valence-electron chi connectivity index (χ2n) is 4.32. The summed E-state index contributed by atoms with van der Waals surface area (Å²) in [5, 5.41) is 12.1. The fourth-order valence-electron chi connectivity index (χ4n) is 2.03. The number of phenols is 1. The van der Waals surface area contributed by atoms with Gasteiger partial charge in [0.05, 0.1) is 5.69 Å². The van der Waals surface area contributed by atoms with E-state index in [0.717, 1.165) is 22.0 Å². The lowest BCUT2D eigenvalue weighted by Gasteiger charge is -2.03. The van der Waals surface area contributed by atoms with Crippen molar-refractivity contribution in [1.82, 2.24) is 0 Å². The first-order valence-corrected chi connectivity index (χ1v) is 6.14. The minimum Gasteiger partial charge on any atom is -0.507 e. The highest BCUT2D eigenvalue weighted by atomic mass is 16.3. The number of nitrogens with zero attached hydrogens (tertiary/aromatic N) is 1. The Morgan fingerprint density at radius 1 is 0.789 bits per heavy atom. The quantitative estimate of drug-likeness (QED) is 0.673. The summed E-state index contributed by atoms with van der Waals surface area (Å²) in [5.74, 6) is 0.276. The van der Waals surface area contributed by atoms with Crippen LogP contribution < -0.4 is 0 Å². The molecule has 19 heavy (non-hydrogen) atoms. The molecule has 92 valence electrons. The van der Waals surface area contributed by atoms with Gasteiger partial charge in [-0.3, -0.25) is 4.99 Å². The fraction of sp³-hybridized carbons (Fsp3) is 0. The van der Waals surface area contributed by atoms with E-state index in [1.165, 1.54) is 0 Å². The van der Waals surface area contributed by atoms with Gasteiger partial charge in [-0.25, -0.2) is 0 Å². The minimum atomic E-state index is 0.276. The lowest BCUT2D eigenvalue weighted by atomic mass is 10.1. The van der Waals surface area contributed by atoms with Crippen LogP contribution in [-0.2, 0) is 0 Å². The summed E-state index contributed by atoms with van der Waals surface area (Å²) in [6, 6.07) is 21.3. The van der Waals surface area contributed by atoms with Crippen molar-refractivity contribution in [3.05, 3.63) is 72.3 Å². The molecule has 0 amide bonds.